The summed E-state index contributed by atoms with van der Waals surface area (Å²) in [7, 11) is 1.56. The van der Waals surface area contributed by atoms with Gasteiger partial charge in [0.15, 0.2) is 0 Å². The summed E-state index contributed by atoms with van der Waals surface area (Å²) in [5.74, 6) is -0.275. The lowest BCUT2D eigenvalue weighted by Crippen LogP contribution is -2.45. The van der Waals surface area contributed by atoms with Gasteiger partial charge in [-0.05, 0) is 31.0 Å². The number of rotatable bonds is 8. The fourth-order valence-electron chi connectivity index (χ4n) is 3.58. The molecular formula is C23H27N3O4. The fraction of sp³-hybridized carbons (Fsp3) is 0.348. The average molecular weight is 409 g/mol. The molecule has 0 radical (unpaired) electrons. The number of amides is 1. The predicted molar refractivity (Wildman–Crippen MR) is 117 cm³/mol. The van der Waals surface area contributed by atoms with Gasteiger partial charge in [-0.1, -0.05) is 48.9 Å². The number of ether oxygens (including phenoxy) is 1. The second kappa shape index (κ2) is 9.54. The van der Waals surface area contributed by atoms with Crippen molar-refractivity contribution in [3.63, 3.8) is 0 Å². The van der Waals surface area contributed by atoms with Crippen LogP contribution in [0.5, 0.6) is 0 Å². The summed E-state index contributed by atoms with van der Waals surface area (Å²) in [5.41, 5.74) is 1.37. The molecule has 0 spiro atoms. The maximum atomic E-state index is 13.4. The average Bonchev–Trinajstić information content (AvgIpc) is 2.75. The number of hydrogen-bond donors (Lipinski definition) is 1. The molecule has 158 valence electrons. The van der Waals surface area contributed by atoms with E-state index in [9.17, 15) is 14.4 Å². The van der Waals surface area contributed by atoms with Crippen molar-refractivity contribution in [2.75, 3.05) is 20.3 Å². The van der Waals surface area contributed by atoms with Gasteiger partial charge in [-0.3, -0.25) is 18.7 Å². The normalized spacial score (nSPS) is 12.1. The van der Waals surface area contributed by atoms with Gasteiger partial charge in [0.2, 0.25) is 5.91 Å². The number of benzene rings is 2. The Labute approximate surface area is 174 Å². The van der Waals surface area contributed by atoms with Crippen molar-refractivity contribution >= 4 is 16.8 Å². The molecule has 0 fully saturated rings. The Morgan fingerprint density at radius 2 is 1.87 bits per heavy atom. The van der Waals surface area contributed by atoms with Crippen LogP contribution in [0.1, 0.15) is 30.5 Å². The number of aryl methyl sites for hydroxylation is 1. The van der Waals surface area contributed by atoms with Gasteiger partial charge >= 0.3 is 5.69 Å². The number of carbonyl (C=O) groups excluding carboxylic acids is 1. The predicted octanol–water partition coefficient (Wildman–Crippen LogP) is 2.23. The molecule has 3 aromatic rings. The SMILES string of the molecule is CC[C@@H](C(=O)NCCOC)n1c(=O)n(Cc2ccccc2)c(=O)c2cc(C)ccc21. The van der Waals surface area contributed by atoms with Gasteiger partial charge in [0.05, 0.1) is 24.1 Å². The second-order valence-corrected chi connectivity index (χ2v) is 7.26. The molecule has 1 heterocycles. The third-order valence-electron chi connectivity index (χ3n) is 5.11. The van der Waals surface area contributed by atoms with Crippen LogP contribution in [0.2, 0.25) is 0 Å². The maximum Gasteiger partial charge on any atom is 0.332 e. The van der Waals surface area contributed by atoms with E-state index in [1.807, 2.05) is 50.2 Å². The van der Waals surface area contributed by atoms with Crippen molar-refractivity contribution in [2.45, 2.75) is 32.9 Å². The number of aromatic nitrogens is 2. The van der Waals surface area contributed by atoms with Crippen molar-refractivity contribution in [2.24, 2.45) is 0 Å². The minimum Gasteiger partial charge on any atom is -0.383 e. The Kier molecular flexibility index (Phi) is 6.84. The summed E-state index contributed by atoms with van der Waals surface area (Å²) < 4.78 is 7.65. The van der Waals surface area contributed by atoms with Crippen LogP contribution >= 0.6 is 0 Å². The topological polar surface area (TPSA) is 82.3 Å². The minimum absolute atomic E-state index is 0.143. The number of carbonyl (C=O) groups is 1. The summed E-state index contributed by atoms with van der Waals surface area (Å²) >= 11 is 0. The van der Waals surface area contributed by atoms with Crippen molar-refractivity contribution in [3.8, 4) is 0 Å². The molecule has 30 heavy (non-hydrogen) atoms. The van der Waals surface area contributed by atoms with Crippen molar-refractivity contribution in [1.29, 1.82) is 0 Å². The largest absolute Gasteiger partial charge is 0.383 e. The molecular weight excluding hydrogens is 382 g/mol. The van der Waals surface area contributed by atoms with E-state index >= 15 is 0 Å². The van der Waals surface area contributed by atoms with E-state index < -0.39 is 11.7 Å². The molecule has 0 bridgehead atoms. The van der Waals surface area contributed by atoms with Crippen molar-refractivity contribution < 1.29 is 9.53 Å². The smallest absolute Gasteiger partial charge is 0.332 e. The molecule has 1 N–H and O–H groups in total. The molecule has 0 saturated carbocycles. The molecule has 3 rings (SSSR count). The third kappa shape index (κ3) is 4.36. The zero-order valence-corrected chi connectivity index (χ0v) is 17.6. The van der Waals surface area contributed by atoms with Gasteiger partial charge in [-0.15, -0.1) is 0 Å². The summed E-state index contributed by atoms with van der Waals surface area (Å²) in [6.07, 6.45) is 0.408. The number of methoxy groups -OCH3 is 1. The number of fused-ring (bicyclic) bond motifs is 1. The first-order chi connectivity index (χ1) is 14.5. The molecule has 0 saturated heterocycles. The molecule has 7 nitrogen and oxygen atoms in total. The van der Waals surface area contributed by atoms with E-state index in [-0.39, 0.29) is 18.0 Å². The molecule has 0 aliphatic rings. The van der Waals surface area contributed by atoms with Crippen molar-refractivity contribution in [3.05, 3.63) is 80.5 Å². The first-order valence-corrected chi connectivity index (χ1v) is 10.0. The van der Waals surface area contributed by atoms with E-state index in [4.69, 9.17) is 4.74 Å². The first kappa shape index (κ1) is 21.5. The van der Waals surface area contributed by atoms with Crippen LogP contribution in [-0.2, 0) is 16.1 Å². The third-order valence-corrected chi connectivity index (χ3v) is 5.11. The van der Waals surface area contributed by atoms with Gasteiger partial charge in [0, 0.05) is 13.7 Å². The lowest BCUT2D eigenvalue weighted by Gasteiger charge is -2.22. The lowest BCUT2D eigenvalue weighted by molar-refractivity contribution is -0.124. The molecule has 1 amide bonds. The van der Waals surface area contributed by atoms with Gasteiger partial charge in [-0.25, -0.2) is 4.79 Å². The summed E-state index contributed by atoms with van der Waals surface area (Å²) in [5, 5.41) is 3.23. The Balaban J connectivity index is 2.20. The van der Waals surface area contributed by atoms with Crippen LogP contribution < -0.4 is 16.6 Å². The summed E-state index contributed by atoms with van der Waals surface area (Å²) in [4.78, 5) is 39.5. The second-order valence-electron chi connectivity index (χ2n) is 7.26. The van der Waals surface area contributed by atoms with Crippen molar-refractivity contribution in [1.82, 2.24) is 14.5 Å². The quantitative estimate of drug-likeness (QED) is 0.579. The van der Waals surface area contributed by atoms with Gasteiger partial charge in [0.1, 0.15) is 6.04 Å². The Morgan fingerprint density at radius 1 is 1.13 bits per heavy atom. The van der Waals surface area contributed by atoms with Crippen LogP contribution in [0.3, 0.4) is 0 Å². The highest BCUT2D eigenvalue weighted by Gasteiger charge is 2.24. The van der Waals surface area contributed by atoms with Crippen LogP contribution in [0, 0.1) is 6.92 Å². The number of hydrogen-bond acceptors (Lipinski definition) is 4. The Bertz CT molecular complexity index is 1150. The van der Waals surface area contributed by atoms with E-state index in [0.717, 1.165) is 11.1 Å². The molecule has 1 atom stereocenters. The monoisotopic (exact) mass is 409 g/mol. The maximum absolute atomic E-state index is 13.4. The van der Waals surface area contributed by atoms with E-state index in [1.54, 1.807) is 19.2 Å². The molecule has 1 aromatic heterocycles. The zero-order valence-electron chi connectivity index (χ0n) is 17.6. The van der Waals surface area contributed by atoms with Gasteiger partial charge in [0.25, 0.3) is 5.56 Å². The molecule has 0 unspecified atom stereocenters. The van der Waals surface area contributed by atoms with Crippen LogP contribution in [0.15, 0.2) is 58.1 Å². The lowest BCUT2D eigenvalue weighted by atomic mass is 10.1. The minimum atomic E-state index is -0.734. The van der Waals surface area contributed by atoms with Gasteiger partial charge in [-0.2, -0.15) is 0 Å². The highest BCUT2D eigenvalue weighted by atomic mass is 16.5. The Morgan fingerprint density at radius 3 is 2.53 bits per heavy atom. The summed E-state index contributed by atoms with van der Waals surface area (Å²) in [6, 6.07) is 14.0. The van der Waals surface area contributed by atoms with E-state index in [0.29, 0.717) is 30.5 Å². The number of nitrogens with one attached hydrogen (secondary N) is 1. The molecule has 7 heteroatoms. The fourth-order valence-corrected chi connectivity index (χ4v) is 3.58. The highest BCUT2D eigenvalue weighted by molar-refractivity contribution is 5.84. The molecule has 0 aliphatic heterocycles. The van der Waals surface area contributed by atoms with E-state index in [1.165, 1.54) is 9.13 Å². The zero-order chi connectivity index (χ0) is 21.7. The standard InChI is InChI=1S/C23H27N3O4/c1-4-19(21(27)24-12-13-30-3)26-20-11-10-16(2)14-18(20)22(28)25(23(26)29)15-17-8-6-5-7-9-17/h5-11,14,19H,4,12-13,15H2,1-3H3,(H,24,27)/t19-/m0/s1. The highest BCUT2D eigenvalue weighted by Crippen LogP contribution is 2.18. The summed E-state index contributed by atoms with van der Waals surface area (Å²) in [6.45, 7) is 4.61. The van der Waals surface area contributed by atoms with Crippen LogP contribution in [0.4, 0.5) is 0 Å². The number of nitrogens with zero attached hydrogens (tertiary/aromatic N) is 2. The van der Waals surface area contributed by atoms with Gasteiger partial charge < -0.3 is 10.1 Å². The molecule has 2 aromatic carbocycles. The first-order valence-electron chi connectivity index (χ1n) is 10.0. The Hall–Kier alpha value is -3.19. The van der Waals surface area contributed by atoms with E-state index in [2.05, 4.69) is 5.32 Å². The molecule has 0 aliphatic carbocycles. The van der Waals surface area contributed by atoms with Crippen LogP contribution in [-0.4, -0.2) is 35.3 Å². The van der Waals surface area contributed by atoms with Crippen LogP contribution in [0.25, 0.3) is 10.9 Å².